The molecule has 13 heavy (non-hydrogen) atoms. The van der Waals surface area contributed by atoms with E-state index < -0.39 is 9.09 Å². The number of hydrogen-bond donors (Lipinski definition) is 0. The van der Waals surface area contributed by atoms with Gasteiger partial charge < -0.3 is 0 Å². The monoisotopic (exact) mass is 444 g/mol. The van der Waals surface area contributed by atoms with Gasteiger partial charge in [0.25, 0.3) is 0 Å². The number of rotatable bonds is 8. The molecule has 0 aliphatic carbocycles. The van der Waals surface area contributed by atoms with Gasteiger partial charge in [-0.15, -0.1) is 0 Å². The van der Waals surface area contributed by atoms with Gasteiger partial charge in [0.2, 0.25) is 0 Å². The van der Waals surface area contributed by atoms with E-state index in [-0.39, 0.29) is 0 Å². The summed E-state index contributed by atoms with van der Waals surface area (Å²) in [5, 5.41) is 0. The van der Waals surface area contributed by atoms with Gasteiger partial charge in [-0.2, -0.15) is 0 Å². The van der Waals surface area contributed by atoms with Crippen LogP contribution < -0.4 is 0 Å². The molecule has 0 aromatic heterocycles. The molecule has 0 atom stereocenters. The second-order valence-corrected chi connectivity index (χ2v) is 33.5. The van der Waals surface area contributed by atoms with Crippen molar-refractivity contribution < 1.29 is 9.09 Å². The standard InChI is InChI=1S/2C5H11.2HI.Ti/c2*1-3-5-4-2;;;/h2*1,3-5H2,2H3;2*1H;/q;;;;+2/p-2. The van der Waals surface area contributed by atoms with Gasteiger partial charge in [-0.25, -0.2) is 0 Å². The molecule has 80 valence electrons. The van der Waals surface area contributed by atoms with Gasteiger partial charge in [0.1, 0.15) is 0 Å². The van der Waals surface area contributed by atoms with Crippen LogP contribution in [0.1, 0.15) is 52.4 Å². The van der Waals surface area contributed by atoms with Crippen molar-refractivity contribution >= 4 is 38.4 Å². The van der Waals surface area contributed by atoms with Crippen LogP contribution in [0.5, 0.6) is 0 Å². The molecule has 0 saturated carbocycles. The summed E-state index contributed by atoms with van der Waals surface area (Å²) in [6.07, 6.45) is 8.64. The van der Waals surface area contributed by atoms with Gasteiger partial charge in [-0.3, -0.25) is 0 Å². The maximum atomic E-state index is 2.83. The minimum atomic E-state index is -1.32. The summed E-state index contributed by atoms with van der Waals surface area (Å²) in [6.45, 7) is 4.60. The van der Waals surface area contributed by atoms with Crippen LogP contribution in [-0.4, -0.2) is 0 Å². The van der Waals surface area contributed by atoms with Crippen molar-refractivity contribution in [2.24, 2.45) is 0 Å². The summed E-state index contributed by atoms with van der Waals surface area (Å²) >= 11 is 5.66. The van der Waals surface area contributed by atoms with Gasteiger partial charge in [0.15, 0.2) is 0 Å². The first-order valence-electron chi connectivity index (χ1n) is 5.50. The Morgan fingerprint density at radius 2 is 1.15 bits per heavy atom. The first-order chi connectivity index (χ1) is 6.12. The summed E-state index contributed by atoms with van der Waals surface area (Å²) in [6, 6.07) is 0. The van der Waals surface area contributed by atoms with Crippen molar-refractivity contribution in [2.45, 2.75) is 61.8 Å². The zero-order valence-corrected chi connectivity index (χ0v) is 14.8. The fraction of sp³-hybridized carbons (Fsp3) is 1.00. The van der Waals surface area contributed by atoms with Crippen LogP contribution in [0.15, 0.2) is 0 Å². The molecule has 0 unspecified atom stereocenters. The molecule has 0 fully saturated rings. The average Bonchev–Trinajstić information content (AvgIpc) is 2.05. The van der Waals surface area contributed by atoms with E-state index in [2.05, 4.69) is 52.2 Å². The molecular weight excluding hydrogens is 422 g/mol. The molecule has 0 aromatic rings. The van der Waals surface area contributed by atoms with Crippen LogP contribution in [0, 0.1) is 0 Å². The van der Waals surface area contributed by atoms with E-state index in [4.69, 9.17) is 0 Å². The fourth-order valence-corrected chi connectivity index (χ4v) is 10.5. The zero-order chi connectivity index (χ0) is 10.2. The Kier molecular flexibility index (Phi) is 11.0. The first-order valence-corrected chi connectivity index (χ1v) is 17.8. The number of unbranched alkanes of at least 4 members (excludes halogenated alkanes) is 4. The molecule has 0 radical (unpaired) electrons. The predicted octanol–water partition coefficient (Wildman–Crippen LogP) is 6.06. The Balaban J connectivity index is 3.42. The zero-order valence-electron chi connectivity index (χ0n) is 8.91. The van der Waals surface area contributed by atoms with Crippen molar-refractivity contribution in [2.75, 3.05) is 0 Å². The van der Waals surface area contributed by atoms with Crippen LogP contribution in [0.3, 0.4) is 0 Å². The number of halogens is 2. The van der Waals surface area contributed by atoms with E-state index in [1.165, 1.54) is 38.5 Å². The molecule has 0 N–H and O–H groups in total. The third-order valence-electron chi connectivity index (χ3n) is 2.29. The predicted molar refractivity (Wildman–Crippen MR) is 76.7 cm³/mol. The van der Waals surface area contributed by atoms with E-state index in [1.807, 2.05) is 0 Å². The topological polar surface area (TPSA) is 0 Å². The normalized spacial score (nSPS) is 12.0. The van der Waals surface area contributed by atoms with Crippen LogP contribution in [0.4, 0.5) is 0 Å². The number of hydrogen-bond acceptors (Lipinski definition) is 0. The molecule has 0 saturated heterocycles. The van der Waals surface area contributed by atoms with Gasteiger partial charge in [0.05, 0.1) is 0 Å². The SMILES string of the molecule is CCCC[CH2][Ti]([I])([I])[CH2]CCCC. The minimum absolute atomic E-state index is 1.32. The summed E-state index contributed by atoms with van der Waals surface area (Å²) in [5.41, 5.74) is 0. The van der Waals surface area contributed by atoms with Crippen molar-refractivity contribution in [1.29, 1.82) is 0 Å². The van der Waals surface area contributed by atoms with E-state index in [9.17, 15) is 0 Å². The molecule has 0 bridgehead atoms. The molecule has 0 aliphatic heterocycles. The molecular formula is C10H22I2Ti. The Morgan fingerprint density at radius 1 is 0.769 bits per heavy atom. The van der Waals surface area contributed by atoms with E-state index in [0.29, 0.717) is 0 Å². The second kappa shape index (κ2) is 9.40. The van der Waals surface area contributed by atoms with Crippen LogP contribution in [0.25, 0.3) is 0 Å². The van der Waals surface area contributed by atoms with Crippen molar-refractivity contribution in [3.05, 3.63) is 0 Å². The van der Waals surface area contributed by atoms with Gasteiger partial charge in [-0.05, 0) is 0 Å². The molecule has 0 aromatic carbocycles. The molecule has 0 aliphatic rings. The summed E-state index contributed by atoms with van der Waals surface area (Å²) < 4.78 is 3.16. The van der Waals surface area contributed by atoms with Gasteiger partial charge >= 0.3 is 109 Å². The molecule has 3 heteroatoms. The molecule has 0 heterocycles. The fourth-order valence-electron chi connectivity index (χ4n) is 1.39. The molecule has 0 nitrogen and oxygen atoms in total. The Hall–Kier alpha value is 2.17. The Labute approximate surface area is 108 Å². The molecule has 0 rings (SSSR count). The Bertz CT molecular complexity index is 103. The maximum absolute atomic E-state index is 2.83. The van der Waals surface area contributed by atoms with Crippen molar-refractivity contribution in [3.8, 4) is 0 Å². The van der Waals surface area contributed by atoms with Crippen molar-refractivity contribution in [3.63, 3.8) is 0 Å². The summed E-state index contributed by atoms with van der Waals surface area (Å²) in [7, 11) is -1.32. The van der Waals surface area contributed by atoms with E-state index >= 15 is 0 Å². The van der Waals surface area contributed by atoms with Crippen LogP contribution >= 0.6 is 38.4 Å². The molecule has 0 amide bonds. The van der Waals surface area contributed by atoms with Crippen molar-refractivity contribution in [1.82, 2.24) is 0 Å². The third kappa shape index (κ3) is 10.5. The average molecular weight is 444 g/mol. The Morgan fingerprint density at radius 3 is 1.46 bits per heavy atom. The quantitative estimate of drug-likeness (QED) is 0.243. The first kappa shape index (κ1) is 15.2. The van der Waals surface area contributed by atoms with Gasteiger partial charge in [-0.1, -0.05) is 0 Å². The van der Waals surface area contributed by atoms with Gasteiger partial charge in [0, 0.05) is 0 Å². The second-order valence-electron chi connectivity index (χ2n) is 3.77. The van der Waals surface area contributed by atoms with E-state index in [1.54, 1.807) is 9.45 Å². The van der Waals surface area contributed by atoms with Crippen LogP contribution in [-0.2, 0) is 9.09 Å². The summed E-state index contributed by atoms with van der Waals surface area (Å²) in [5.74, 6) is 0. The summed E-state index contributed by atoms with van der Waals surface area (Å²) in [4.78, 5) is 0. The van der Waals surface area contributed by atoms with E-state index in [0.717, 1.165) is 0 Å². The third-order valence-corrected chi connectivity index (χ3v) is 14.6. The van der Waals surface area contributed by atoms with Crippen LogP contribution in [0.2, 0.25) is 9.45 Å². The molecule has 0 spiro atoms.